The van der Waals surface area contributed by atoms with Gasteiger partial charge in [0.2, 0.25) is 0 Å². The molecule has 0 unspecified atom stereocenters. The number of hydrogen-bond donors (Lipinski definition) is 2. The van der Waals surface area contributed by atoms with Crippen molar-refractivity contribution in [1.29, 1.82) is 0 Å². The molecule has 0 fully saturated rings. The van der Waals surface area contributed by atoms with Gasteiger partial charge in [-0.25, -0.2) is 9.78 Å². The quantitative estimate of drug-likeness (QED) is 0.643. The monoisotopic (exact) mass is 410 g/mol. The number of anilines is 1. The minimum atomic E-state index is -0.659. The van der Waals surface area contributed by atoms with Gasteiger partial charge in [0, 0.05) is 12.1 Å². The molecule has 0 aliphatic heterocycles. The Kier molecular flexibility index (Phi) is 4.34. The van der Waals surface area contributed by atoms with Crippen LogP contribution in [0.2, 0.25) is 0 Å². The van der Waals surface area contributed by atoms with Crippen LogP contribution in [0.4, 0.5) is 10.6 Å². The molecule has 1 aliphatic carbocycles. The molecule has 2 N–H and O–H groups in total. The van der Waals surface area contributed by atoms with Gasteiger partial charge in [-0.1, -0.05) is 48.5 Å². The largest absolute Gasteiger partial charge is 0.503 e. The van der Waals surface area contributed by atoms with Crippen LogP contribution in [0, 0.1) is 0 Å². The lowest BCUT2D eigenvalue weighted by molar-refractivity contribution is 0.158. The van der Waals surface area contributed by atoms with Crippen LogP contribution in [0.25, 0.3) is 11.1 Å². The Morgan fingerprint density at radius 2 is 1.69 bits per heavy atom. The maximum Gasteiger partial charge on any atom is 0.412 e. The molecule has 0 atom stereocenters. The van der Waals surface area contributed by atoms with Gasteiger partial charge in [-0.3, -0.25) is 5.32 Å². The molecule has 0 bridgehead atoms. The van der Waals surface area contributed by atoms with E-state index in [1.54, 1.807) is 6.07 Å². The van der Waals surface area contributed by atoms with Crippen molar-refractivity contribution >= 4 is 27.8 Å². The molecular formula is C20H15BrN2O3. The van der Waals surface area contributed by atoms with E-state index in [4.69, 9.17) is 4.74 Å². The summed E-state index contributed by atoms with van der Waals surface area (Å²) >= 11 is 3.18. The Hall–Kier alpha value is -2.86. The number of ether oxygens (including phenoxy) is 1. The van der Waals surface area contributed by atoms with E-state index in [0.29, 0.717) is 4.47 Å². The van der Waals surface area contributed by atoms with Gasteiger partial charge in [-0.15, -0.1) is 0 Å². The van der Waals surface area contributed by atoms with Crippen LogP contribution in [0.1, 0.15) is 17.0 Å². The first kappa shape index (κ1) is 16.6. The Balaban J connectivity index is 1.51. The zero-order valence-corrected chi connectivity index (χ0v) is 15.2. The van der Waals surface area contributed by atoms with Gasteiger partial charge >= 0.3 is 6.09 Å². The number of pyridine rings is 1. The highest BCUT2D eigenvalue weighted by molar-refractivity contribution is 9.10. The predicted molar refractivity (Wildman–Crippen MR) is 102 cm³/mol. The Bertz CT molecular complexity index is 945. The molecule has 6 heteroatoms. The normalized spacial score (nSPS) is 12.3. The average Bonchev–Trinajstić information content (AvgIpc) is 2.98. The van der Waals surface area contributed by atoms with Crippen LogP contribution in [-0.2, 0) is 4.74 Å². The van der Waals surface area contributed by atoms with Gasteiger partial charge < -0.3 is 9.84 Å². The molecule has 1 aliphatic rings. The second kappa shape index (κ2) is 6.80. The first-order valence-electron chi connectivity index (χ1n) is 8.10. The second-order valence-corrected chi connectivity index (χ2v) is 6.79. The SMILES string of the molecule is O=C(Nc1nccc(Br)c1O)OCC1c2ccccc2-c2ccccc21. The lowest BCUT2D eigenvalue weighted by atomic mass is 9.98. The molecule has 130 valence electrons. The van der Waals surface area contributed by atoms with Crippen LogP contribution in [0.15, 0.2) is 65.3 Å². The van der Waals surface area contributed by atoms with Crippen LogP contribution < -0.4 is 5.32 Å². The Morgan fingerprint density at radius 3 is 2.35 bits per heavy atom. The summed E-state index contributed by atoms with van der Waals surface area (Å²) in [4.78, 5) is 16.1. The summed E-state index contributed by atoms with van der Waals surface area (Å²) in [7, 11) is 0. The van der Waals surface area contributed by atoms with Gasteiger partial charge in [0.25, 0.3) is 0 Å². The summed E-state index contributed by atoms with van der Waals surface area (Å²) in [6, 6.07) is 17.8. The third-order valence-corrected chi connectivity index (χ3v) is 5.08. The van der Waals surface area contributed by atoms with Gasteiger partial charge in [0.1, 0.15) is 6.61 Å². The van der Waals surface area contributed by atoms with E-state index in [0.717, 1.165) is 11.1 Å². The van der Waals surface area contributed by atoms with Gasteiger partial charge in [0.15, 0.2) is 11.6 Å². The van der Waals surface area contributed by atoms with Crippen LogP contribution in [0.3, 0.4) is 0 Å². The lowest BCUT2D eigenvalue weighted by Gasteiger charge is -2.14. The molecule has 1 amide bonds. The predicted octanol–water partition coefficient (Wildman–Crippen LogP) is 4.91. The summed E-state index contributed by atoms with van der Waals surface area (Å²) in [5, 5.41) is 12.4. The number of benzene rings is 2. The zero-order valence-electron chi connectivity index (χ0n) is 13.6. The fourth-order valence-electron chi connectivity index (χ4n) is 3.25. The summed E-state index contributed by atoms with van der Waals surface area (Å²) in [6.07, 6.45) is 0.816. The summed E-state index contributed by atoms with van der Waals surface area (Å²) < 4.78 is 5.87. The highest BCUT2D eigenvalue weighted by atomic mass is 79.9. The number of nitrogens with zero attached hydrogens (tertiary/aromatic N) is 1. The van der Waals surface area contributed by atoms with Crippen LogP contribution in [0.5, 0.6) is 5.75 Å². The highest BCUT2D eigenvalue weighted by Crippen LogP contribution is 2.44. The number of rotatable bonds is 3. The summed E-state index contributed by atoms with van der Waals surface area (Å²) in [6.45, 7) is 0.203. The smallest absolute Gasteiger partial charge is 0.412 e. The number of halogens is 1. The van der Waals surface area contributed by atoms with Gasteiger partial charge in [0.05, 0.1) is 4.47 Å². The molecule has 5 nitrogen and oxygen atoms in total. The molecule has 0 saturated heterocycles. The molecule has 1 heterocycles. The highest BCUT2D eigenvalue weighted by Gasteiger charge is 2.29. The van der Waals surface area contributed by atoms with E-state index in [1.165, 1.54) is 17.3 Å². The van der Waals surface area contributed by atoms with Crippen molar-refractivity contribution in [2.45, 2.75) is 5.92 Å². The van der Waals surface area contributed by atoms with Crippen LogP contribution in [-0.4, -0.2) is 22.8 Å². The number of aromatic hydroxyl groups is 1. The molecular weight excluding hydrogens is 396 g/mol. The van der Waals surface area contributed by atoms with Crippen LogP contribution >= 0.6 is 15.9 Å². The lowest BCUT2D eigenvalue weighted by Crippen LogP contribution is -2.18. The van der Waals surface area contributed by atoms with Crippen molar-refractivity contribution in [2.75, 3.05) is 11.9 Å². The fraction of sp³-hybridized carbons (Fsp3) is 0.100. The van der Waals surface area contributed by atoms with E-state index in [2.05, 4.69) is 50.5 Å². The molecule has 2 aromatic carbocycles. The summed E-state index contributed by atoms with van der Waals surface area (Å²) in [5.74, 6) is -0.102. The zero-order chi connectivity index (χ0) is 18.1. The van der Waals surface area contributed by atoms with Crippen molar-refractivity contribution in [1.82, 2.24) is 4.98 Å². The number of amides is 1. The number of carbonyl (C=O) groups is 1. The number of aromatic nitrogens is 1. The maximum absolute atomic E-state index is 12.2. The Morgan fingerprint density at radius 1 is 1.08 bits per heavy atom. The van der Waals surface area contributed by atoms with Crippen molar-refractivity contribution in [2.24, 2.45) is 0 Å². The molecule has 0 spiro atoms. The number of hydrogen-bond acceptors (Lipinski definition) is 4. The number of carbonyl (C=O) groups excluding carboxylic acids is 1. The van der Waals surface area contributed by atoms with Crippen molar-refractivity contribution < 1.29 is 14.6 Å². The maximum atomic E-state index is 12.2. The fourth-order valence-corrected chi connectivity index (χ4v) is 3.56. The third kappa shape index (κ3) is 2.93. The molecule has 3 aromatic rings. The van der Waals surface area contributed by atoms with E-state index in [-0.39, 0.29) is 24.1 Å². The van der Waals surface area contributed by atoms with E-state index in [1.807, 2.05) is 24.3 Å². The van der Waals surface area contributed by atoms with Crippen molar-refractivity contribution in [3.8, 4) is 16.9 Å². The minimum Gasteiger partial charge on any atom is -0.503 e. The first-order valence-corrected chi connectivity index (χ1v) is 8.90. The molecule has 0 radical (unpaired) electrons. The average molecular weight is 411 g/mol. The molecule has 4 rings (SSSR count). The van der Waals surface area contributed by atoms with E-state index >= 15 is 0 Å². The van der Waals surface area contributed by atoms with E-state index in [9.17, 15) is 9.90 Å². The molecule has 26 heavy (non-hydrogen) atoms. The topological polar surface area (TPSA) is 71.5 Å². The second-order valence-electron chi connectivity index (χ2n) is 5.94. The molecule has 1 aromatic heterocycles. The minimum absolute atomic E-state index is 0.0165. The number of fused-ring (bicyclic) bond motifs is 3. The molecule has 0 saturated carbocycles. The van der Waals surface area contributed by atoms with Crippen molar-refractivity contribution in [3.05, 3.63) is 76.4 Å². The standard InChI is InChI=1S/C20H15BrN2O3/c21-17-9-10-22-19(18(17)24)23-20(25)26-11-16-14-7-3-1-5-12(14)13-6-2-4-8-15(13)16/h1-10,16,24H,11H2,(H,22,23,25). The summed E-state index contributed by atoms with van der Waals surface area (Å²) in [5.41, 5.74) is 4.63. The van der Waals surface area contributed by atoms with Crippen molar-refractivity contribution in [3.63, 3.8) is 0 Å². The van der Waals surface area contributed by atoms with Gasteiger partial charge in [-0.05, 0) is 44.3 Å². The number of nitrogens with one attached hydrogen (secondary N) is 1. The Labute approximate surface area is 158 Å². The van der Waals surface area contributed by atoms with E-state index < -0.39 is 6.09 Å². The van der Waals surface area contributed by atoms with Gasteiger partial charge in [-0.2, -0.15) is 0 Å². The third-order valence-electron chi connectivity index (χ3n) is 4.44. The first-order chi connectivity index (χ1) is 12.6.